The minimum absolute atomic E-state index is 0.128. The molecule has 20 heavy (non-hydrogen) atoms. The number of benzene rings is 1. The number of hydrogen-bond donors (Lipinski definition) is 1. The Bertz CT molecular complexity index is 620. The molecule has 0 aliphatic heterocycles. The van der Waals surface area contributed by atoms with Crippen LogP contribution in [0, 0.1) is 6.92 Å². The van der Waals surface area contributed by atoms with Crippen molar-refractivity contribution < 1.29 is 9.32 Å². The fourth-order valence-electron chi connectivity index (χ4n) is 1.98. The van der Waals surface area contributed by atoms with E-state index in [2.05, 4.69) is 26.4 Å². The summed E-state index contributed by atoms with van der Waals surface area (Å²) in [4.78, 5) is 12.3. The van der Waals surface area contributed by atoms with Crippen LogP contribution in [0.3, 0.4) is 0 Å². The SMILES string of the molecule is Cc1noc(C(C)C)c1C(=O)NCc1cccc(Br)c1. The summed E-state index contributed by atoms with van der Waals surface area (Å²) >= 11 is 3.41. The highest BCUT2D eigenvalue weighted by atomic mass is 79.9. The highest BCUT2D eigenvalue weighted by molar-refractivity contribution is 9.10. The van der Waals surface area contributed by atoms with E-state index in [1.165, 1.54) is 0 Å². The zero-order valence-corrected chi connectivity index (χ0v) is 13.3. The standard InChI is InChI=1S/C15H17BrN2O2/c1-9(2)14-13(10(3)18-20-14)15(19)17-8-11-5-4-6-12(16)7-11/h4-7,9H,8H2,1-3H3,(H,17,19). The van der Waals surface area contributed by atoms with Crippen LogP contribution in [0.4, 0.5) is 0 Å². The van der Waals surface area contributed by atoms with Crippen LogP contribution in [-0.2, 0) is 6.54 Å². The molecular formula is C15H17BrN2O2. The van der Waals surface area contributed by atoms with Crippen molar-refractivity contribution in [3.63, 3.8) is 0 Å². The molecule has 2 rings (SSSR count). The van der Waals surface area contributed by atoms with Crippen LogP contribution in [0.2, 0.25) is 0 Å². The van der Waals surface area contributed by atoms with E-state index < -0.39 is 0 Å². The molecule has 1 heterocycles. The van der Waals surface area contributed by atoms with Gasteiger partial charge < -0.3 is 9.84 Å². The first-order valence-corrected chi connectivity index (χ1v) is 7.27. The molecule has 2 aromatic rings. The fraction of sp³-hybridized carbons (Fsp3) is 0.333. The molecule has 1 N–H and O–H groups in total. The number of nitrogens with one attached hydrogen (secondary N) is 1. The van der Waals surface area contributed by atoms with Crippen molar-refractivity contribution >= 4 is 21.8 Å². The number of amides is 1. The van der Waals surface area contributed by atoms with Gasteiger partial charge in [-0.15, -0.1) is 0 Å². The molecule has 0 aliphatic rings. The fourth-order valence-corrected chi connectivity index (χ4v) is 2.42. The molecule has 0 unspecified atom stereocenters. The minimum Gasteiger partial charge on any atom is -0.360 e. The van der Waals surface area contributed by atoms with Crippen LogP contribution < -0.4 is 5.32 Å². The lowest BCUT2D eigenvalue weighted by Gasteiger charge is -2.07. The molecule has 0 radical (unpaired) electrons. The van der Waals surface area contributed by atoms with Crippen LogP contribution in [0.5, 0.6) is 0 Å². The van der Waals surface area contributed by atoms with Gasteiger partial charge in [0.2, 0.25) is 0 Å². The first-order chi connectivity index (χ1) is 9.49. The molecule has 4 nitrogen and oxygen atoms in total. The first kappa shape index (κ1) is 14.8. The van der Waals surface area contributed by atoms with Gasteiger partial charge in [0.25, 0.3) is 5.91 Å². The average molecular weight is 337 g/mol. The topological polar surface area (TPSA) is 55.1 Å². The first-order valence-electron chi connectivity index (χ1n) is 6.48. The van der Waals surface area contributed by atoms with Gasteiger partial charge in [0, 0.05) is 16.9 Å². The Kier molecular flexibility index (Phi) is 4.60. The normalized spacial score (nSPS) is 10.8. The number of halogens is 1. The summed E-state index contributed by atoms with van der Waals surface area (Å²) in [5.41, 5.74) is 2.21. The van der Waals surface area contributed by atoms with Crippen molar-refractivity contribution in [2.75, 3.05) is 0 Å². The number of aromatic nitrogens is 1. The van der Waals surface area contributed by atoms with Gasteiger partial charge in [-0.2, -0.15) is 0 Å². The highest BCUT2D eigenvalue weighted by Gasteiger charge is 2.22. The number of nitrogens with zero attached hydrogens (tertiary/aromatic N) is 1. The average Bonchev–Trinajstić information content (AvgIpc) is 2.78. The van der Waals surface area contributed by atoms with E-state index in [0.29, 0.717) is 23.6 Å². The molecule has 5 heteroatoms. The summed E-state index contributed by atoms with van der Waals surface area (Å²) < 4.78 is 6.22. The summed E-state index contributed by atoms with van der Waals surface area (Å²) in [5.74, 6) is 0.615. The molecular weight excluding hydrogens is 320 g/mol. The maximum atomic E-state index is 12.3. The van der Waals surface area contributed by atoms with Crippen LogP contribution >= 0.6 is 15.9 Å². The zero-order valence-electron chi connectivity index (χ0n) is 11.7. The second-order valence-corrected chi connectivity index (χ2v) is 5.89. The van der Waals surface area contributed by atoms with Crippen molar-refractivity contribution in [2.45, 2.75) is 33.2 Å². The quantitative estimate of drug-likeness (QED) is 0.923. The summed E-state index contributed by atoms with van der Waals surface area (Å²) in [6, 6.07) is 7.83. The Hall–Kier alpha value is -1.62. The van der Waals surface area contributed by atoms with Gasteiger partial charge in [-0.1, -0.05) is 47.1 Å². The summed E-state index contributed by atoms with van der Waals surface area (Å²) in [6.45, 7) is 6.21. The predicted molar refractivity (Wildman–Crippen MR) is 80.6 cm³/mol. The van der Waals surface area contributed by atoms with E-state index in [1.807, 2.05) is 38.1 Å². The highest BCUT2D eigenvalue weighted by Crippen LogP contribution is 2.22. The van der Waals surface area contributed by atoms with Gasteiger partial charge in [0.1, 0.15) is 5.56 Å². The third-order valence-corrected chi connectivity index (χ3v) is 3.48. The number of rotatable bonds is 4. The van der Waals surface area contributed by atoms with Crippen molar-refractivity contribution in [1.29, 1.82) is 0 Å². The van der Waals surface area contributed by atoms with Gasteiger partial charge in [-0.25, -0.2) is 0 Å². The van der Waals surface area contributed by atoms with Crippen molar-refractivity contribution in [1.82, 2.24) is 10.5 Å². The lowest BCUT2D eigenvalue weighted by Crippen LogP contribution is -2.24. The van der Waals surface area contributed by atoms with E-state index >= 15 is 0 Å². The maximum absolute atomic E-state index is 12.3. The zero-order chi connectivity index (χ0) is 14.7. The molecule has 0 bridgehead atoms. The van der Waals surface area contributed by atoms with Crippen LogP contribution in [0.15, 0.2) is 33.3 Å². The molecule has 0 spiro atoms. The largest absolute Gasteiger partial charge is 0.360 e. The van der Waals surface area contributed by atoms with Gasteiger partial charge >= 0.3 is 0 Å². The third-order valence-electron chi connectivity index (χ3n) is 2.98. The van der Waals surface area contributed by atoms with Gasteiger partial charge in [-0.05, 0) is 24.6 Å². The van der Waals surface area contributed by atoms with E-state index in [0.717, 1.165) is 10.0 Å². The van der Waals surface area contributed by atoms with Crippen LogP contribution in [-0.4, -0.2) is 11.1 Å². The lowest BCUT2D eigenvalue weighted by molar-refractivity contribution is 0.0948. The molecule has 0 fully saturated rings. The molecule has 0 saturated heterocycles. The summed E-state index contributed by atoms with van der Waals surface area (Å²) in [7, 11) is 0. The van der Waals surface area contributed by atoms with Crippen molar-refractivity contribution in [2.24, 2.45) is 0 Å². The van der Waals surface area contributed by atoms with Crippen molar-refractivity contribution in [3.8, 4) is 0 Å². The number of carbonyl (C=O) groups is 1. The van der Waals surface area contributed by atoms with Gasteiger partial charge in [0.05, 0.1) is 5.69 Å². The Labute approximate surface area is 126 Å². The predicted octanol–water partition coefficient (Wildman–Crippen LogP) is 3.80. The second-order valence-electron chi connectivity index (χ2n) is 4.97. The summed E-state index contributed by atoms with van der Waals surface area (Å²) in [6.07, 6.45) is 0. The molecule has 1 amide bonds. The number of carbonyl (C=O) groups excluding carboxylic acids is 1. The smallest absolute Gasteiger partial charge is 0.257 e. The summed E-state index contributed by atoms with van der Waals surface area (Å²) in [5, 5.41) is 6.79. The van der Waals surface area contributed by atoms with E-state index in [9.17, 15) is 4.79 Å². The Morgan fingerprint density at radius 2 is 2.20 bits per heavy atom. The van der Waals surface area contributed by atoms with E-state index in [1.54, 1.807) is 6.92 Å². The van der Waals surface area contributed by atoms with Crippen LogP contribution in [0.1, 0.15) is 47.1 Å². The van der Waals surface area contributed by atoms with Crippen molar-refractivity contribution in [3.05, 3.63) is 51.3 Å². The minimum atomic E-state index is -0.146. The second kappa shape index (κ2) is 6.22. The Balaban J connectivity index is 2.11. The molecule has 1 aromatic carbocycles. The molecule has 0 atom stereocenters. The molecule has 1 aromatic heterocycles. The van der Waals surface area contributed by atoms with Gasteiger partial charge in [0.15, 0.2) is 5.76 Å². The monoisotopic (exact) mass is 336 g/mol. The lowest BCUT2D eigenvalue weighted by atomic mass is 10.0. The maximum Gasteiger partial charge on any atom is 0.257 e. The van der Waals surface area contributed by atoms with E-state index in [-0.39, 0.29) is 11.8 Å². The number of hydrogen-bond acceptors (Lipinski definition) is 3. The third kappa shape index (κ3) is 3.28. The van der Waals surface area contributed by atoms with Crippen LogP contribution in [0.25, 0.3) is 0 Å². The Morgan fingerprint density at radius 1 is 1.45 bits per heavy atom. The molecule has 0 aliphatic carbocycles. The Morgan fingerprint density at radius 3 is 2.85 bits per heavy atom. The van der Waals surface area contributed by atoms with Gasteiger partial charge in [-0.3, -0.25) is 4.79 Å². The number of aryl methyl sites for hydroxylation is 1. The van der Waals surface area contributed by atoms with E-state index in [4.69, 9.17) is 4.52 Å². The molecule has 106 valence electrons. The molecule has 0 saturated carbocycles.